The van der Waals surface area contributed by atoms with Crippen molar-refractivity contribution in [3.63, 3.8) is 0 Å². The average molecular weight is 537 g/mol. The Morgan fingerprint density at radius 3 is 2.05 bits per heavy atom. The van der Waals surface area contributed by atoms with Crippen LogP contribution in [0, 0.1) is 5.41 Å². The number of ether oxygens (including phenoxy) is 3. The van der Waals surface area contributed by atoms with E-state index >= 15 is 0 Å². The number of rotatable bonds is 8. The molecule has 11 nitrogen and oxygen atoms in total. The van der Waals surface area contributed by atoms with E-state index in [1.165, 1.54) is 38.8 Å². The van der Waals surface area contributed by atoms with Gasteiger partial charge in [-0.3, -0.25) is 19.8 Å². The molecule has 0 saturated carbocycles. The zero-order valence-electron chi connectivity index (χ0n) is 22.4. The monoisotopic (exact) mass is 536 g/mol. The second kappa shape index (κ2) is 11.1. The molecule has 2 saturated heterocycles. The number of nitrogens with two attached hydrogens (primary N) is 3. The third kappa shape index (κ3) is 4.87. The highest BCUT2D eigenvalue weighted by Crippen LogP contribution is 2.45. The SMILES string of the molecule is COc1cc(N2CCC3(CCN(C(=O)c4c(OC)cc(C(N)=O)cc4OC)CC3)C2=O)ccc1/C(C=[NH2+])=C/N. The number of likely N-dealkylation sites (tertiary alicyclic amines) is 1. The van der Waals surface area contributed by atoms with Crippen LogP contribution in [0.4, 0.5) is 5.69 Å². The van der Waals surface area contributed by atoms with E-state index in [1.807, 2.05) is 18.2 Å². The first-order valence-electron chi connectivity index (χ1n) is 12.6. The lowest BCUT2D eigenvalue weighted by molar-refractivity contribution is -0.127. The summed E-state index contributed by atoms with van der Waals surface area (Å²) >= 11 is 0. The third-order valence-electron chi connectivity index (χ3n) is 7.69. The highest BCUT2D eigenvalue weighted by Gasteiger charge is 2.49. The van der Waals surface area contributed by atoms with Crippen LogP contribution in [-0.4, -0.2) is 69.8 Å². The standard InChI is InChI=1S/C28H33N5O6/c1-37-21-14-19(4-5-20(21)18(15-29)16-30)33-11-8-28(27(33)36)6-9-32(10-7-28)26(35)24-22(38-2)12-17(25(31)34)13-23(24)39-3/h4-5,12-16,29H,6-11,30H2,1-3H3,(H2,31,34)/p+1/b18-16+,29-15?. The Morgan fingerprint density at radius 2 is 1.54 bits per heavy atom. The van der Waals surface area contributed by atoms with Gasteiger partial charge >= 0.3 is 0 Å². The highest BCUT2D eigenvalue weighted by molar-refractivity contribution is 6.08. The fraction of sp³-hybridized carbons (Fsp3) is 0.357. The molecule has 6 N–H and O–H groups in total. The van der Waals surface area contributed by atoms with Crippen LogP contribution in [-0.2, 0) is 4.79 Å². The van der Waals surface area contributed by atoms with Crippen LogP contribution in [0.25, 0.3) is 5.57 Å². The molecule has 4 rings (SSSR count). The summed E-state index contributed by atoms with van der Waals surface area (Å²) in [5, 5.41) is 5.68. The van der Waals surface area contributed by atoms with Crippen molar-refractivity contribution in [2.75, 3.05) is 45.9 Å². The quantitative estimate of drug-likeness (QED) is 0.416. The number of anilines is 1. The molecule has 0 aromatic heterocycles. The first-order valence-corrected chi connectivity index (χ1v) is 12.6. The van der Waals surface area contributed by atoms with E-state index in [9.17, 15) is 14.4 Å². The molecule has 0 aliphatic carbocycles. The van der Waals surface area contributed by atoms with Crippen LogP contribution in [0.3, 0.4) is 0 Å². The van der Waals surface area contributed by atoms with E-state index in [2.05, 4.69) is 0 Å². The van der Waals surface area contributed by atoms with Gasteiger partial charge in [0.1, 0.15) is 22.8 Å². The highest BCUT2D eigenvalue weighted by atomic mass is 16.5. The van der Waals surface area contributed by atoms with Gasteiger partial charge in [0.2, 0.25) is 11.8 Å². The number of carbonyl (C=O) groups excluding carboxylic acids is 3. The van der Waals surface area contributed by atoms with Crippen molar-refractivity contribution >= 4 is 35.2 Å². The van der Waals surface area contributed by atoms with Crippen molar-refractivity contribution in [3.05, 3.63) is 53.2 Å². The zero-order valence-corrected chi connectivity index (χ0v) is 22.4. The maximum atomic E-state index is 13.7. The minimum Gasteiger partial charge on any atom is -0.496 e. The summed E-state index contributed by atoms with van der Waals surface area (Å²) in [7, 11) is 4.38. The molecule has 2 fully saturated rings. The number of carbonyl (C=O) groups is 3. The van der Waals surface area contributed by atoms with Gasteiger partial charge in [0.05, 0.1) is 32.3 Å². The van der Waals surface area contributed by atoms with Crippen LogP contribution in [0.15, 0.2) is 36.5 Å². The van der Waals surface area contributed by atoms with E-state index in [1.54, 1.807) is 16.9 Å². The number of benzene rings is 2. The number of piperidine rings is 1. The summed E-state index contributed by atoms with van der Waals surface area (Å²) in [6.07, 6.45) is 4.53. The van der Waals surface area contributed by atoms with Gasteiger partial charge in [0.25, 0.3) is 5.91 Å². The third-order valence-corrected chi connectivity index (χ3v) is 7.69. The molecular weight excluding hydrogens is 502 g/mol. The van der Waals surface area contributed by atoms with Gasteiger partial charge in [0, 0.05) is 48.7 Å². The maximum Gasteiger partial charge on any atom is 0.261 e. The summed E-state index contributed by atoms with van der Waals surface area (Å²) in [5.74, 6) is 0.0482. The van der Waals surface area contributed by atoms with Crippen LogP contribution in [0.2, 0.25) is 0 Å². The Kier molecular flexibility index (Phi) is 7.80. The number of allylic oxidation sites excluding steroid dienone is 1. The molecular formula is C28H34N5O6+. The van der Waals surface area contributed by atoms with Crippen LogP contribution in [0.1, 0.15) is 45.5 Å². The molecule has 206 valence electrons. The Morgan fingerprint density at radius 1 is 0.949 bits per heavy atom. The van der Waals surface area contributed by atoms with Crippen LogP contribution < -0.4 is 36.0 Å². The molecule has 1 spiro atoms. The first kappa shape index (κ1) is 27.5. The summed E-state index contributed by atoms with van der Waals surface area (Å²) < 4.78 is 16.3. The molecule has 2 aromatic carbocycles. The molecule has 2 heterocycles. The van der Waals surface area contributed by atoms with Crippen LogP contribution in [0.5, 0.6) is 17.2 Å². The minimum absolute atomic E-state index is 0.0327. The molecule has 2 aromatic rings. The summed E-state index contributed by atoms with van der Waals surface area (Å²) in [4.78, 5) is 42.4. The first-order chi connectivity index (χ1) is 18.7. The predicted octanol–water partition coefficient (Wildman–Crippen LogP) is 0.600. The fourth-order valence-electron chi connectivity index (χ4n) is 5.41. The molecule has 0 atom stereocenters. The molecule has 0 bridgehead atoms. The minimum atomic E-state index is -0.656. The number of hydrogen-bond acceptors (Lipinski definition) is 7. The molecule has 39 heavy (non-hydrogen) atoms. The fourth-order valence-corrected chi connectivity index (χ4v) is 5.41. The van der Waals surface area contributed by atoms with E-state index in [0.717, 1.165) is 11.3 Å². The van der Waals surface area contributed by atoms with Crippen molar-refractivity contribution in [1.82, 2.24) is 4.90 Å². The van der Waals surface area contributed by atoms with E-state index in [-0.39, 0.29) is 34.4 Å². The topological polar surface area (TPSA) is 163 Å². The van der Waals surface area contributed by atoms with Crippen molar-refractivity contribution in [1.29, 1.82) is 0 Å². The predicted molar refractivity (Wildman–Crippen MR) is 146 cm³/mol. The molecule has 2 aliphatic rings. The van der Waals surface area contributed by atoms with Crippen LogP contribution >= 0.6 is 0 Å². The summed E-state index contributed by atoms with van der Waals surface area (Å²) in [6.45, 7) is 1.34. The number of amides is 3. The number of hydrogen-bond donors (Lipinski definition) is 3. The Labute approximate surface area is 226 Å². The van der Waals surface area contributed by atoms with Crippen molar-refractivity contribution in [3.8, 4) is 17.2 Å². The maximum absolute atomic E-state index is 13.7. The Hall–Kier alpha value is -4.54. The Balaban J connectivity index is 1.52. The largest absolute Gasteiger partial charge is 0.496 e. The summed E-state index contributed by atoms with van der Waals surface area (Å²) in [5.41, 5.74) is 13.0. The molecule has 0 unspecified atom stereocenters. The summed E-state index contributed by atoms with van der Waals surface area (Å²) in [6, 6.07) is 8.36. The number of primary amides is 1. The van der Waals surface area contributed by atoms with Crippen molar-refractivity contribution in [2.45, 2.75) is 19.3 Å². The van der Waals surface area contributed by atoms with Crippen molar-refractivity contribution in [2.24, 2.45) is 16.9 Å². The van der Waals surface area contributed by atoms with Gasteiger partial charge < -0.3 is 35.5 Å². The smallest absolute Gasteiger partial charge is 0.261 e. The van der Waals surface area contributed by atoms with E-state index < -0.39 is 11.3 Å². The Bertz CT molecular complexity index is 1320. The second-order valence-corrected chi connectivity index (χ2v) is 9.57. The number of nitrogens with zero attached hydrogens (tertiary/aromatic N) is 2. The lowest BCUT2D eigenvalue weighted by atomic mass is 9.77. The normalized spacial score (nSPS) is 16.8. The molecule has 0 radical (unpaired) electrons. The van der Waals surface area contributed by atoms with Gasteiger partial charge in [-0.05, 0) is 43.5 Å². The van der Waals surface area contributed by atoms with Gasteiger partial charge in [-0.2, -0.15) is 0 Å². The van der Waals surface area contributed by atoms with Gasteiger partial charge in [-0.15, -0.1) is 0 Å². The van der Waals surface area contributed by atoms with E-state index in [4.69, 9.17) is 31.1 Å². The zero-order chi connectivity index (χ0) is 28.3. The molecule has 2 aliphatic heterocycles. The van der Waals surface area contributed by atoms with Crippen molar-refractivity contribution < 1.29 is 34.0 Å². The average Bonchev–Trinajstić information content (AvgIpc) is 3.27. The molecule has 3 amide bonds. The molecule has 11 heteroatoms. The second-order valence-electron chi connectivity index (χ2n) is 9.57. The van der Waals surface area contributed by atoms with Gasteiger partial charge in [-0.25, -0.2) is 0 Å². The van der Waals surface area contributed by atoms with Gasteiger partial charge in [-0.1, -0.05) is 0 Å². The number of methoxy groups -OCH3 is 3. The van der Waals surface area contributed by atoms with E-state index in [0.29, 0.717) is 50.2 Å². The van der Waals surface area contributed by atoms with Gasteiger partial charge in [0.15, 0.2) is 6.21 Å². The lowest BCUT2D eigenvalue weighted by Crippen LogP contribution is -2.46. The lowest BCUT2D eigenvalue weighted by Gasteiger charge is -2.38.